The zero-order chi connectivity index (χ0) is 30.0. The van der Waals surface area contributed by atoms with Crippen LogP contribution in [-0.4, -0.2) is 30.5 Å². The van der Waals surface area contributed by atoms with E-state index in [1.54, 1.807) is 4.68 Å². The molecule has 1 unspecified atom stereocenters. The second-order valence-electron chi connectivity index (χ2n) is 10.9. The van der Waals surface area contributed by atoms with Crippen LogP contribution in [0.15, 0.2) is 121 Å². The van der Waals surface area contributed by atoms with Gasteiger partial charge in [0.2, 0.25) is 5.95 Å². The molecule has 2 N–H and O–H groups in total. The number of hydrogen-bond donors (Lipinski definition) is 2. The minimum absolute atomic E-state index is 0.170. The molecule has 6 aromatic rings. The Labute approximate surface area is 254 Å². The van der Waals surface area contributed by atoms with E-state index in [0.717, 1.165) is 44.8 Å². The van der Waals surface area contributed by atoms with Crippen LogP contribution in [0.5, 0.6) is 5.75 Å². The van der Waals surface area contributed by atoms with Gasteiger partial charge in [-0.15, -0.1) is 5.10 Å². The molecule has 0 spiro atoms. The quantitative estimate of drug-likeness (QED) is 0.213. The first kappa shape index (κ1) is 27.2. The molecule has 0 bridgehead atoms. The zero-order valence-corrected chi connectivity index (χ0v) is 24.4. The molecule has 7 rings (SSSR count). The Morgan fingerprint density at radius 1 is 0.909 bits per heavy atom. The fraction of sp³-hybridized carbons (Fsp3) is 0.143. The first-order valence-electron chi connectivity index (χ1n) is 14.5. The van der Waals surface area contributed by atoms with Gasteiger partial charge >= 0.3 is 0 Å². The number of allylic oxidation sites excluding steroid dienone is 1. The maximum absolute atomic E-state index is 13.9. The predicted molar refractivity (Wildman–Crippen MR) is 170 cm³/mol. The summed E-state index contributed by atoms with van der Waals surface area (Å²) in [5.41, 5.74) is 7.77. The first-order valence-corrected chi connectivity index (χ1v) is 14.5. The van der Waals surface area contributed by atoms with Crippen molar-refractivity contribution in [2.45, 2.75) is 33.0 Å². The van der Waals surface area contributed by atoms with E-state index in [9.17, 15) is 4.79 Å². The number of imidazole rings is 1. The molecule has 44 heavy (non-hydrogen) atoms. The highest BCUT2D eigenvalue weighted by Crippen LogP contribution is 2.40. The summed E-state index contributed by atoms with van der Waals surface area (Å²) in [4.78, 5) is 18.8. The van der Waals surface area contributed by atoms with Crippen LogP contribution >= 0.6 is 0 Å². The van der Waals surface area contributed by atoms with Crippen molar-refractivity contribution in [1.29, 1.82) is 0 Å². The molecule has 0 fully saturated rings. The molecule has 9 nitrogen and oxygen atoms in total. The normalized spacial score (nSPS) is 14.3. The summed E-state index contributed by atoms with van der Waals surface area (Å²) >= 11 is 0. The summed E-state index contributed by atoms with van der Waals surface area (Å²) in [7, 11) is 0. The van der Waals surface area contributed by atoms with E-state index in [2.05, 4.69) is 37.6 Å². The van der Waals surface area contributed by atoms with Gasteiger partial charge in [-0.05, 0) is 60.9 Å². The van der Waals surface area contributed by atoms with Crippen molar-refractivity contribution in [3.05, 3.63) is 143 Å². The Kier molecular flexibility index (Phi) is 7.11. The SMILES string of the molecule is CC1=C(C(=O)Nc2ccccc2C)C(c2ccc(OCc3cn(Cc4ccccc4)nn3)cc2)n2c(nc3ccccc32)N1. The summed E-state index contributed by atoms with van der Waals surface area (Å²) in [5.74, 6) is 1.22. The highest BCUT2D eigenvalue weighted by atomic mass is 16.5. The number of anilines is 2. The van der Waals surface area contributed by atoms with Crippen molar-refractivity contribution in [3.63, 3.8) is 0 Å². The lowest BCUT2D eigenvalue weighted by Crippen LogP contribution is -2.31. The Balaban J connectivity index is 1.16. The van der Waals surface area contributed by atoms with Crippen molar-refractivity contribution in [3.8, 4) is 5.75 Å². The van der Waals surface area contributed by atoms with Gasteiger partial charge in [-0.3, -0.25) is 9.36 Å². The van der Waals surface area contributed by atoms with E-state index in [0.29, 0.717) is 30.4 Å². The maximum atomic E-state index is 13.9. The van der Waals surface area contributed by atoms with Crippen LogP contribution in [-0.2, 0) is 17.9 Å². The minimum atomic E-state index is -0.408. The third kappa shape index (κ3) is 5.31. The highest BCUT2D eigenvalue weighted by molar-refractivity contribution is 6.06. The van der Waals surface area contributed by atoms with Crippen molar-refractivity contribution in [1.82, 2.24) is 24.5 Å². The number of aryl methyl sites for hydroxylation is 1. The molecule has 4 aromatic carbocycles. The van der Waals surface area contributed by atoms with Gasteiger partial charge in [-0.2, -0.15) is 0 Å². The lowest BCUT2D eigenvalue weighted by Gasteiger charge is -2.31. The van der Waals surface area contributed by atoms with E-state index >= 15 is 0 Å². The fourth-order valence-corrected chi connectivity index (χ4v) is 5.63. The van der Waals surface area contributed by atoms with Gasteiger partial charge in [0, 0.05) is 11.4 Å². The summed E-state index contributed by atoms with van der Waals surface area (Å²) in [6, 6.07) is 33.3. The average molecular weight is 582 g/mol. The Morgan fingerprint density at radius 3 is 2.48 bits per heavy atom. The number of fused-ring (bicyclic) bond motifs is 3. The highest BCUT2D eigenvalue weighted by Gasteiger charge is 2.34. The summed E-state index contributed by atoms with van der Waals surface area (Å²) in [6.07, 6.45) is 1.90. The van der Waals surface area contributed by atoms with Crippen molar-refractivity contribution in [2.75, 3.05) is 10.6 Å². The Bertz CT molecular complexity index is 1990. The van der Waals surface area contributed by atoms with Gasteiger partial charge in [0.15, 0.2) is 0 Å². The number of carbonyl (C=O) groups is 1. The van der Waals surface area contributed by atoms with Gasteiger partial charge in [-0.1, -0.05) is 78.0 Å². The predicted octanol–water partition coefficient (Wildman–Crippen LogP) is 6.49. The Hall–Kier alpha value is -5.70. The summed E-state index contributed by atoms with van der Waals surface area (Å²) < 4.78 is 9.97. The maximum Gasteiger partial charge on any atom is 0.255 e. The van der Waals surface area contributed by atoms with E-state index in [1.807, 2.05) is 111 Å². The second-order valence-corrected chi connectivity index (χ2v) is 10.9. The molecule has 0 radical (unpaired) electrons. The van der Waals surface area contributed by atoms with Gasteiger partial charge < -0.3 is 15.4 Å². The molecule has 0 saturated heterocycles. The van der Waals surface area contributed by atoms with Crippen LogP contribution in [0.2, 0.25) is 0 Å². The molecular weight excluding hydrogens is 550 g/mol. The first-order chi connectivity index (χ1) is 21.5. The topological polar surface area (TPSA) is 98.9 Å². The average Bonchev–Trinajstić information content (AvgIpc) is 3.65. The number of nitrogens with one attached hydrogen (secondary N) is 2. The van der Waals surface area contributed by atoms with Crippen LogP contribution in [0.1, 0.15) is 35.3 Å². The number of aromatic nitrogens is 5. The molecule has 1 atom stereocenters. The van der Waals surface area contributed by atoms with E-state index in [1.165, 1.54) is 0 Å². The van der Waals surface area contributed by atoms with Gasteiger partial charge in [0.1, 0.15) is 18.1 Å². The number of nitrogens with zero attached hydrogens (tertiary/aromatic N) is 5. The zero-order valence-electron chi connectivity index (χ0n) is 24.4. The van der Waals surface area contributed by atoms with Crippen LogP contribution in [0.25, 0.3) is 11.0 Å². The van der Waals surface area contributed by atoms with Gasteiger partial charge in [0.05, 0.1) is 35.4 Å². The molecule has 2 aromatic heterocycles. The van der Waals surface area contributed by atoms with Crippen molar-refractivity contribution < 1.29 is 9.53 Å². The number of rotatable bonds is 8. The summed E-state index contributed by atoms with van der Waals surface area (Å²) in [6.45, 7) is 4.85. The number of carbonyl (C=O) groups excluding carboxylic acids is 1. The monoisotopic (exact) mass is 581 g/mol. The number of ether oxygens (including phenoxy) is 1. The minimum Gasteiger partial charge on any atom is -0.487 e. The molecule has 0 aliphatic carbocycles. The third-order valence-corrected chi connectivity index (χ3v) is 7.82. The molecule has 3 heterocycles. The van der Waals surface area contributed by atoms with Crippen molar-refractivity contribution in [2.24, 2.45) is 0 Å². The number of para-hydroxylation sites is 3. The third-order valence-electron chi connectivity index (χ3n) is 7.82. The number of benzene rings is 4. The summed E-state index contributed by atoms with van der Waals surface area (Å²) in [5, 5.41) is 15.0. The molecule has 1 aliphatic rings. The van der Waals surface area contributed by atoms with E-state index in [4.69, 9.17) is 9.72 Å². The Morgan fingerprint density at radius 2 is 1.66 bits per heavy atom. The number of hydrogen-bond acceptors (Lipinski definition) is 6. The molecule has 1 aliphatic heterocycles. The smallest absolute Gasteiger partial charge is 0.255 e. The van der Waals surface area contributed by atoms with Gasteiger partial charge in [0.25, 0.3) is 5.91 Å². The number of amides is 1. The molecule has 9 heteroatoms. The van der Waals surface area contributed by atoms with Crippen LogP contribution in [0.4, 0.5) is 11.6 Å². The van der Waals surface area contributed by atoms with Crippen LogP contribution in [0.3, 0.4) is 0 Å². The molecule has 218 valence electrons. The standard InChI is InChI=1S/C35H31N7O2/c1-23-10-6-7-13-29(23)37-34(43)32-24(2)36-35-38-30-14-8-9-15-31(30)42(35)33(32)26-16-18-28(19-17-26)44-22-27-21-41(40-39-27)20-25-11-4-3-5-12-25/h3-19,21,33H,20,22H2,1-2H3,(H,36,38)(H,37,43). The fourth-order valence-electron chi connectivity index (χ4n) is 5.63. The molecule has 1 amide bonds. The van der Waals surface area contributed by atoms with E-state index in [-0.39, 0.29) is 5.91 Å². The molecule has 0 saturated carbocycles. The van der Waals surface area contributed by atoms with Gasteiger partial charge in [-0.25, -0.2) is 9.67 Å². The lowest BCUT2D eigenvalue weighted by molar-refractivity contribution is -0.113. The van der Waals surface area contributed by atoms with Crippen molar-refractivity contribution >= 4 is 28.6 Å². The largest absolute Gasteiger partial charge is 0.487 e. The lowest BCUT2D eigenvalue weighted by atomic mass is 9.94. The van der Waals surface area contributed by atoms with Crippen LogP contribution < -0.4 is 15.4 Å². The second kappa shape index (κ2) is 11.5. The molecular formula is C35H31N7O2. The van der Waals surface area contributed by atoms with E-state index < -0.39 is 6.04 Å². The van der Waals surface area contributed by atoms with Crippen LogP contribution in [0, 0.1) is 6.92 Å².